The monoisotopic (exact) mass is 324 g/mol. The van der Waals surface area contributed by atoms with E-state index in [9.17, 15) is 0 Å². The average Bonchev–Trinajstić information content (AvgIpc) is 1.12. The molecule has 5 N–H and O–H groups in total. The molecule has 0 radical (unpaired) electrons. The van der Waals surface area contributed by atoms with Gasteiger partial charge in [0.15, 0.2) is 0 Å². The van der Waals surface area contributed by atoms with Gasteiger partial charge in [-0.25, -0.2) is 4.57 Å². The minimum atomic E-state index is -4.67. The summed E-state index contributed by atoms with van der Waals surface area (Å²) in [6, 6.07) is 0. The van der Waals surface area contributed by atoms with Gasteiger partial charge in [-0.15, -0.1) is 24.0 Å². The van der Waals surface area contributed by atoms with Crippen LogP contribution in [0.25, 0.3) is 0 Å². The van der Waals surface area contributed by atoms with E-state index in [1.807, 2.05) is 0 Å². The van der Waals surface area contributed by atoms with Crippen molar-refractivity contribution in [2.24, 2.45) is 0 Å². The first-order valence-electron chi connectivity index (χ1n) is 1.48. The lowest BCUT2D eigenvalue weighted by Crippen LogP contribution is -1.89. The Balaban J connectivity index is -0.000000107. The Morgan fingerprint density at radius 1 is 1.00 bits per heavy atom. The van der Waals surface area contributed by atoms with Crippen molar-refractivity contribution >= 4 is 42.2 Å². The largest absolute Gasteiger partial charge is 0.466 e. The van der Waals surface area contributed by atoms with E-state index in [1.54, 1.807) is 0 Å². The summed E-state index contributed by atoms with van der Waals surface area (Å²) in [6.45, 7) is 0. The van der Waals surface area contributed by atoms with Crippen LogP contribution in [0, 0.1) is 0 Å². The molecule has 0 bridgehead atoms. The van der Waals surface area contributed by atoms with E-state index in [0.29, 0.717) is 0 Å². The maximum absolute atomic E-state index is 8.88. The summed E-state index contributed by atoms with van der Waals surface area (Å²) in [5.41, 5.74) is 0. The molecular weight excluding hydrogens is 318 g/mol. The first-order chi connectivity index (χ1) is 4.00. The molecule has 0 saturated carbocycles. The Bertz CT molecular complexity index is 192. The van der Waals surface area contributed by atoms with Crippen LogP contribution < -0.4 is 0 Å². The van der Waals surface area contributed by atoms with Gasteiger partial charge in [-0.05, 0) is 0 Å². The number of phosphoric acid groups is 1. The highest BCUT2D eigenvalue weighted by Gasteiger charge is 2.00. The molecule has 0 rings (SSSR count). The summed E-state index contributed by atoms with van der Waals surface area (Å²) < 4.78 is 40.5. The van der Waals surface area contributed by atoms with Gasteiger partial charge >= 0.3 is 18.2 Å². The topological polar surface area (TPSA) is 152 Å². The van der Waals surface area contributed by atoms with Crippen molar-refractivity contribution in [2.45, 2.75) is 0 Å². The molecule has 0 aromatic heterocycles. The first kappa shape index (κ1) is 17.7. The Kier molecular flexibility index (Phi) is 10.1. The Morgan fingerprint density at radius 2 is 1.00 bits per heavy atom. The molecule has 0 aliphatic carbocycles. The van der Waals surface area contributed by atoms with E-state index in [4.69, 9.17) is 36.8 Å². The summed E-state index contributed by atoms with van der Waals surface area (Å²) in [4.78, 5) is 21.6. The van der Waals surface area contributed by atoms with Crippen LogP contribution in [0.1, 0.15) is 0 Å². The van der Waals surface area contributed by atoms with Crippen molar-refractivity contribution in [2.75, 3.05) is 0 Å². The van der Waals surface area contributed by atoms with Gasteiger partial charge in [-0.1, -0.05) is 0 Å². The summed E-state index contributed by atoms with van der Waals surface area (Å²) in [6.07, 6.45) is 0. The van der Waals surface area contributed by atoms with Crippen molar-refractivity contribution in [3.63, 3.8) is 0 Å². The number of rotatable bonds is 0. The van der Waals surface area contributed by atoms with E-state index < -0.39 is 18.2 Å². The molecule has 72 valence electrons. The predicted octanol–water partition coefficient (Wildman–Crippen LogP) is -0.963. The molecule has 0 aliphatic heterocycles. The van der Waals surface area contributed by atoms with Gasteiger partial charge in [0.05, 0.1) is 0 Å². The highest BCUT2D eigenvalue weighted by Crippen LogP contribution is 2.25. The van der Waals surface area contributed by atoms with Crippen molar-refractivity contribution in [1.82, 2.24) is 0 Å². The summed E-state index contributed by atoms with van der Waals surface area (Å²) in [5, 5.41) is 0. The molecule has 11 heavy (non-hydrogen) atoms. The van der Waals surface area contributed by atoms with Crippen molar-refractivity contribution in [3.05, 3.63) is 0 Å². The van der Waals surface area contributed by atoms with Crippen molar-refractivity contribution in [3.8, 4) is 0 Å². The lowest BCUT2D eigenvalue weighted by Gasteiger charge is -1.82. The summed E-state index contributed by atoms with van der Waals surface area (Å²) >= 11 is 0. The highest BCUT2D eigenvalue weighted by atomic mass is 127. The second-order valence-electron chi connectivity index (χ2n) is 0.961. The van der Waals surface area contributed by atoms with E-state index in [-0.39, 0.29) is 24.0 Å². The fourth-order valence-corrected chi connectivity index (χ4v) is 0. The average molecular weight is 324 g/mol. The van der Waals surface area contributed by atoms with Gasteiger partial charge in [0.25, 0.3) is 0 Å². The summed E-state index contributed by atoms with van der Waals surface area (Å²) in [7, 11) is -9.31. The Labute approximate surface area is 79.1 Å². The van der Waals surface area contributed by atoms with E-state index in [1.165, 1.54) is 0 Å². The third-order valence-electron chi connectivity index (χ3n) is 0. The summed E-state index contributed by atoms with van der Waals surface area (Å²) in [5.74, 6) is 0. The van der Waals surface area contributed by atoms with Crippen molar-refractivity contribution in [1.29, 1.82) is 0 Å². The maximum Gasteiger partial charge on any atom is 0.466 e. The lowest BCUT2D eigenvalue weighted by molar-refractivity contribution is 0.275. The zero-order valence-corrected chi connectivity index (χ0v) is 8.77. The molecule has 8 nitrogen and oxygen atoms in total. The predicted molar refractivity (Wildman–Crippen MR) is 43.9 cm³/mol. The number of halogens is 1. The molecule has 11 heteroatoms. The van der Waals surface area contributed by atoms with Crippen LogP contribution in [-0.4, -0.2) is 32.2 Å². The van der Waals surface area contributed by atoms with E-state index in [0.717, 1.165) is 0 Å². The van der Waals surface area contributed by atoms with Crippen molar-refractivity contribution < 1.29 is 36.8 Å². The SMILES string of the molecule is I.O=P(O)(O)O.O=S(=O)(O)O. The minimum Gasteiger partial charge on any atom is -0.303 e. The molecule has 0 aliphatic rings. The zero-order valence-electron chi connectivity index (χ0n) is 4.72. The van der Waals surface area contributed by atoms with Crippen LogP contribution in [-0.2, 0) is 15.0 Å². The van der Waals surface area contributed by atoms with Gasteiger partial charge in [-0.2, -0.15) is 8.42 Å². The Hall–Kier alpha value is 0.710. The fourth-order valence-electron chi connectivity index (χ4n) is 0. The third kappa shape index (κ3) is 1610. The van der Waals surface area contributed by atoms with E-state index >= 15 is 0 Å². The van der Waals surface area contributed by atoms with Crippen LogP contribution in [0.3, 0.4) is 0 Å². The lowest BCUT2D eigenvalue weighted by atomic mass is 15.8. The molecule has 0 aromatic rings. The van der Waals surface area contributed by atoms with Crippen LogP contribution in [0.5, 0.6) is 0 Å². The molecule has 0 spiro atoms. The molecule has 0 heterocycles. The van der Waals surface area contributed by atoms with Gasteiger partial charge < -0.3 is 14.7 Å². The standard InChI is InChI=1S/HI.H3O4P.H2O4S/c;2*1-5(2,3)4/h1H;(H3,1,2,3,4);(H2,1,2,3,4). The number of hydrogen-bond donors (Lipinski definition) is 5. The quantitative estimate of drug-likeness (QED) is 0.217. The second-order valence-corrected chi connectivity index (χ2v) is 2.88. The molecule has 0 fully saturated rings. The van der Waals surface area contributed by atoms with Gasteiger partial charge in [-0.3, -0.25) is 9.11 Å². The highest BCUT2D eigenvalue weighted by molar-refractivity contribution is 14.0. The van der Waals surface area contributed by atoms with Gasteiger partial charge in [0.1, 0.15) is 0 Å². The molecule has 0 saturated heterocycles. The molecule has 0 atom stereocenters. The smallest absolute Gasteiger partial charge is 0.303 e. The minimum absolute atomic E-state index is 0. The maximum atomic E-state index is 8.88. The zero-order chi connectivity index (χ0) is 9.00. The van der Waals surface area contributed by atoms with Gasteiger partial charge in [0.2, 0.25) is 0 Å². The molecule has 0 aromatic carbocycles. The molecule has 0 amide bonds. The Morgan fingerprint density at radius 3 is 1.00 bits per heavy atom. The molecule has 0 unspecified atom stereocenters. The van der Waals surface area contributed by atoms with Crippen LogP contribution in [0.15, 0.2) is 0 Å². The third-order valence-corrected chi connectivity index (χ3v) is 0. The van der Waals surface area contributed by atoms with Crippen LogP contribution in [0.2, 0.25) is 0 Å². The fraction of sp³-hybridized carbons (Fsp3) is 0. The van der Waals surface area contributed by atoms with Gasteiger partial charge in [0, 0.05) is 0 Å². The molecular formula is H6IO8PS. The normalized spacial score (nSPS) is 10.6. The first-order valence-corrected chi connectivity index (χ1v) is 4.44. The second kappa shape index (κ2) is 6.25. The van der Waals surface area contributed by atoms with Crippen LogP contribution >= 0.6 is 31.8 Å². The number of hydrogen-bond acceptors (Lipinski definition) is 3. The van der Waals surface area contributed by atoms with E-state index in [2.05, 4.69) is 0 Å². The van der Waals surface area contributed by atoms with Crippen LogP contribution in [0.4, 0.5) is 0 Å².